The maximum absolute atomic E-state index is 14.5. The molecule has 2 N–H and O–H groups in total. The highest BCUT2D eigenvalue weighted by Gasteiger charge is 2.45. The predicted molar refractivity (Wildman–Crippen MR) is 88.7 cm³/mol. The summed E-state index contributed by atoms with van der Waals surface area (Å²) in [6, 6.07) is -3.27. The first-order valence-corrected chi connectivity index (χ1v) is 8.12. The van der Waals surface area contributed by atoms with E-state index in [2.05, 4.69) is 9.97 Å². The summed E-state index contributed by atoms with van der Waals surface area (Å²) >= 11 is 1.27. The van der Waals surface area contributed by atoms with Crippen LogP contribution in [0.15, 0.2) is 18.5 Å². The Kier molecular flexibility index (Phi) is 4.22. The van der Waals surface area contributed by atoms with Gasteiger partial charge in [0.05, 0.1) is 18.4 Å². The van der Waals surface area contributed by atoms with Crippen LogP contribution in [0.2, 0.25) is 0 Å². The lowest BCUT2D eigenvalue weighted by Crippen LogP contribution is -2.48. The number of thiophene rings is 1. The molecule has 6 nitrogen and oxygen atoms in total. The summed E-state index contributed by atoms with van der Waals surface area (Å²) in [6.07, 6.45) is 3.50. The van der Waals surface area contributed by atoms with E-state index in [4.69, 9.17) is 5.73 Å². The van der Waals surface area contributed by atoms with Crippen LogP contribution in [0.5, 0.6) is 0 Å². The van der Waals surface area contributed by atoms with Crippen LogP contribution < -0.4 is 5.73 Å². The van der Waals surface area contributed by atoms with Crippen LogP contribution in [0.1, 0.15) is 10.4 Å². The van der Waals surface area contributed by atoms with Crippen LogP contribution in [0.25, 0.3) is 10.2 Å². The van der Waals surface area contributed by atoms with Gasteiger partial charge >= 0.3 is 6.05 Å². The minimum absolute atomic E-state index is 0.159. The largest absolute Gasteiger partial charge is 0.383 e. The number of carbonyl (C=O) groups excluding carboxylic acids is 1. The SMILES string of the molecule is CN(C)C/C=C/C(=O)N1Cc2sc3ncnc(N)c3c2CC1(F)F. The quantitative estimate of drug-likeness (QED) is 0.673. The third-order valence-corrected chi connectivity index (χ3v) is 4.91. The molecule has 24 heavy (non-hydrogen) atoms. The second kappa shape index (κ2) is 6.06. The van der Waals surface area contributed by atoms with Crippen LogP contribution in [0.4, 0.5) is 14.6 Å². The van der Waals surface area contributed by atoms with E-state index in [-0.39, 0.29) is 12.4 Å². The fourth-order valence-corrected chi connectivity index (χ4v) is 3.79. The van der Waals surface area contributed by atoms with E-state index in [1.165, 1.54) is 23.7 Å². The number of carbonyl (C=O) groups is 1. The number of hydrogen-bond donors (Lipinski definition) is 1. The molecule has 128 valence electrons. The molecule has 0 saturated heterocycles. The third-order valence-electron chi connectivity index (χ3n) is 3.78. The molecule has 0 bridgehead atoms. The second-order valence-electron chi connectivity index (χ2n) is 5.87. The Morgan fingerprint density at radius 3 is 2.96 bits per heavy atom. The summed E-state index contributed by atoms with van der Waals surface area (Å²) in [5, 5.41) is 0.479. The molecule has 0 unspecified atom stereocenters. The van der Waals surface area contributed by atoms with Gasteiger partial charge in [0.2, 0.25) is 0 Å². The molecule has 0 spiro atoms. The number of nitrogen functional groups attached to an aromatic ring is 1. The number of nitrogens with two attached hydrogens (primary N) is 1. The van der Waals surface area contributed by atoms with Crippen LogP contribution in [0.3, 0.4) is 0 Å². The van der Waals surface area contributed by atoms with Crippen molar-refractivity contribution in [3.63, 3.8) is 0 Å². The number of aromatic nitrogens is 2. The number of alkyl halides is 2. The average molecular weight is 353 g/mol. The van der Waals surface area contributed by atoms with E-state index in [1.54, 1.807) is 6.08 Å². The Hall–Kier alpha value is -2.13. The van der Waals surface area contributed by atoms with Crippen molar-refractivity contribution in [1.29, 1.82) is 0 Å². The molecule has 1 aliphatic rings. The molecular formula is C15H17F2N5OS. The van der Waals surface area contributed by atoms with E-state index in [1.807, 2.05) is 19.0 Å². The van der Waals surface area contributed by atoms with E-state index in [0.29, 0.717) is 32.1 Å². The van der Waals surface area contributed by atoms with Crippen molar-refractivity contribution in [3.05, 3.63) is 28.9 Å². The normalized spacial score (nSPS) is 17.0. The zero-order valence-electron chi connectivity index (χ0n) is 13.3. The van der Waals surface area contributed by atoms with Crippen molar-refractivity contribution in [2.75, 3.05) is 26.4 Å². The van der Waals surface area contributed by atoms with Gasteiger partial charge in [-0.2, -0.15) is 8.78 Å². The number of fused-ring (bicyclic) bond motifs is 3. The Morgan fingerprint density at radius 2 is 2.25 bits per heavy atom. The number of amides is 1. The molecule has 3 heterocycles. The van der Waals surface area contributed by atoms with Gasteiger partial charge in [0.1, 0.15) is 17.0 Å². The predicted octanol–water partition coefficient (Wildman–Crippen LogP) is 1.87. The molecule has 0 atom stereocenters. The van der Waals surface area contributed by atoms with E-state index in [0.717, 1.165) is 0 Å². The summed E-state index contributed by atoms with van der Waals surface area (Å²) in [7, 11) is 3.67. The molecule has 0 radical (unpaired) electrons. The number of halogens is 2. The van der Waals surface area contributed by atoms with Gasteiger partial charge in [-0.05, 0) is 19.7 Å². The highest BCUT2D eigenvalue weighted by atomic mass is 32.1. The van der Waals surface area contributed by atoms with Crippen LogP contribution >= 0.6 is 11.3 Å². The number of hydrogen-bond acceptors (Lipinski definition) is 6. The van der Waals surface area contributed by atoms with Crippen molar-refractivity contribution < 1.29 is 13.6 Å². The maximum Gasteiger partial charge on any atom is 0.332 e. The molecule has 1 aliphatic heterocycles. The molecule has 3 rings (SSSR count). The summed E-state index contributed by atoms with van der Waals surface area (Å²) < 4.78 is 29.0. The highest BCUT2D eigenvalue weighted by molar-refractivity contribution is 7.19. The standard InChI is InChI=1S/C15H17F2N5OS/c1-21(2)5-3-4-11(23)22-7-10-9(6-15(22,16)17)12-13(18)19-8-20-14(12)24-10/h3-4,8H,5-7H2,1-2H3,(H2,18,19,20)/b4-3+. The first-order valence-electron chi connectivity index (χ1n) is 7.31. The van der Waals surface area contributed by atoms with Crippen molar-refractivity contribution in [1.82, 2.24) is 19.8 Å². The van der Waals surface area contributed by atoms with Crippen molar-refractivity contribution in [2.24, 2.45) is 0 Å². The Morgan fingerprint density at radius 1 is 1.50 bits per heavy atom. The van der Waals surface area contributed by atoms with Crippen molar-refractivity contribution in [2.45, 2.75) is 19.0 Å². The van der Waals surface area contributed by atoms with Gasteiger partial charge in [-0.1, -0.05) is 6.08 Å². The summed E-state index contributed by atoms with van der Waals surface area (Å²) in [6.45, 7) is 0.347. The van der Waals surface area contributed by atoms with Gasteiger partial charge in [-0.3, -0.25) is 9.69 Å². The topological polar surface area (TPSA) is 75.4 Å². The van der Waals surface area contributed by atoms with Gasteiger partial charge in [0.15, 0.2) is 0 Å². The molecule has 0 fully saturated rings. The molecular weight excluding hydrogens is 336 g/mol. The fraction of sp³-hybridized carbons (Fsp3) is 0.400. The minimum Gasteiger partial charge on any atom is -0.383 e. The Balaban J connectivity index is 1.93. The van der Waals surface area contributed by atoms with E-state index in [9.17, 15) is 13.6 Å². The molecule has 9 heteroatoms. The zero-order valence-corrected chi connectivity index (χ0v) is 14.1. The first-order chi connectivity index (χ1) is 11.3. The average Bonchev–Trinajstić information content (AvgIpc) is 2.83. The van der Waals surface area contributed by atoms with Crippen LogP contribution in [-0.2, 0) is 17.8 Å². The van der Waals surface area contributed by atoms with Gasteiger partial charge < -0.3 is 10.6 Å². The summed E-state index contributed by atoms with van der Waals surface area (Å²) in [4.78, 5) is 23.8. The van der Waals surface area contributed by atoms with E-state index < -0.39 is 18.4 Å². The van der Waals surface area contributed by atoms with Crippen molar-refractivity contribution >= 4 is 33.3 Å². The lowest BCUT2D eigenvalue weighted by atomic mass is 10.0. The summed E-state index contributed by atoms with van der Waals surface area (Å²) in [5.74, 6) is -0.511. The van der Waals surface area contributed by atoms with Gasteiger partial charge in [0.25, 0.3) is 5.91 Å². The molecule has 0 aliphatic carbocycles. The third kappa shape index (κ3) is 2.96. The number of likely N-dealkylation sites (N-methyl/N-ethyl adjacent to an activating group) is 1. The fourth-order valence-electron chi connectivity index (χ4n) is 2.64. The number of anilines is 1. The molecule has 2 aromatic rings. The number of nitrogens with zero attached hydrogens (tertiary/aromatic N) is 4. The zero-order chi connectivity index (χ0) is 17.5. The molecule has 2 aromatic heterocycles. The lowest BCUT2D eigenvalue weighted by molar-refractivity contribution is -0.174. The maximum atomic E-state index is 14.5. The smallest absolute Gasteiger partial charge is 0.332 e. The monoisotopic (exact) mass is 353 g/mol. The van der Waals surface area contributed by atoms with Crippen LogP contribution in [0, 0.1) is 0 Å². The van der Waals surface area contributed by atoms with Gasteiger partial charge in [-0.15, -0.1) is 11.3 Å². The molecule has 1 amide bonds. The first kappa shape index (κ1) is 16.7. The number of rotatable bonds is 3. The van der Waals surface area contributed by atoms with Gasteiger partial charge in [0, 0.05) is 17.5 Å². The Labute approximate surface area is 141 Å². The van der Waals surface area contributed by atoms with Crippen LogP contribution in [-0.4, -0.2) is 52.4 Å². The minimum atomic E-state index is -3.27. The molecule has 0 saturated carbocycles. The van der Waals surface area contributed by atoms with E-state index >= 15 is 0 Å². The second-order valence-corrected chi connectivity index (χ2v) is 6.96. The van der Waals surface area contributed by atoms with Gasteiger partial charge in [-0.25, -0.2) is 9.97 Å². The van der Waals surface area contributed by atoms with Crippen molar-refractivity contribution in [3.8, 4) is 0 Å². The summed E-state index contributed by atoms with van der Waals surface area (Å²) in [5.41, 5.74) is 6.26. The lowest BCUT2D eigenvalue weighted by Gasteiger charge is -2.34. The highest BCUT2D eigenvalue weighted by Crippen LogP contribution is 2.42. The Bertz CT molecular complexity index is 818. The molecule has 0 aromatic carbocycles.